The fourth-order valence-electron chi connectivity index (χ4n) is 2.69. The van der Waals surface area contributed by atoms with E-state index in [1.54, 1.807) is 0 Å². The van der Waals surface area contributed by atoms with Crippen LogP contribution in [-0.4, -0.2) is 13.1 Å². The first-order chi connectivity index (χ1) is 6.25. The Hall–Kier alpha value is -0.300. The van der Waals surface area contributed by atoms with Gasteiger partial charge in [0, 0.05) is 0 Å². The number of allylic oxidation sites excluding steroid dienone is 2. The summed E-state index contributed by atoms with van der Waals surface area (Å²) in [6.07, 6.45) is 7.74. The summed E-state index contributed by atoms with van der Waals surface area (Å²) in [5, 5.41) is 3.58. The molecule has 3 atom stereocenters. The van der Waals surface area contributed by atoms with E-state index in [-0.39, 0.29) is 0 Å². The van der Waals surface area contributed by atoms with Gasteiger partial charge in [-0.2, -0.15) is 0 Å². The molecule has 1 N–H and O–H groups in total. The van der Waals surface area contributed by atoms with Crippen molar-refractivity contribution in [3.05, 3.63) is 12.2 Å². The van der Waals surface area contributed by atoms with Gasteiger partial charge in [0.05, 0.1) is 0 Å². The Morgan fingerprint density at radius 3 is 2.69 bits per heavy atom. The summed E-state index contributed by atoms with van der Waals surface area (Å²) in [6, 6.07) is 0. The highest BCUT2D eigenvalue weighted by Gasteiger charge is 2.34. The number of nitrogens with one attached hydrogen (secondary N) is 1. The van der Waals surface area contributed by atoms with E-state index in [4.69, 9.17) is 0 Å². The highest BCUT2D eigenvalue weighted by atomic mass is 14.9. The summed E-state index contributed by atoms with van der Waals surface area (Å²) in [5.74, 6) is 3.56. The van der Waals surface area contributed by atoms with E-state index in [0.717, 1.165) is 23.7 Å². The van der Waals surface area contributed by atoms with E-state index >= 15 is 0 Å². The highest BCUT2D eigenvalue weighted by Crippen LogP contribution is 2.42. The molecule has 0 radical (unpaired) electrons. The van der Waals surface area contributed by atoms with Crippen molar-refractivity contribution < 1.29 is 0 Å². The second kappa shape index (κ2) is 3.83. The summed E-state index contributed by atoms with van der Waals surface area (Å²) in [4.78, 5) is 0. The van der Waals surface area contributed by atoms with Gasteiger partial charge in [0.15, 0.2) is 0 Å². The van der Waals surface area contributed by atoms with E-state index in [1.807, 2.05) is 0 Å². The van der Waals surface area contributed by atoms with Crippen LogP contribution in [0.1, 0.15) is 26.7 Å². The molecule has 0 amide bonds. The minimum atomic E-state index is 0.786. The number of rotatable bonds is 4. The van der Waals surface area contributed by atoms with Gasteiger partial charge in [0.25, 0.3) is 0 Å². The predicted molar refractivity (Wildman–Crippen MR) is 56.6 cm³/mol. The van der Waals surface area contributed by atoms with Crippen LogP contribution in [0.25, 0.3) is 0 Å². The molecule has 2 aliphatic carbocycles. The lowest BCUT2D eigenvalue weighted by molar-refractivity contribution is 0.400. The standard InChI is InChI=1S/C12H21N/c1-9(2)7-13-8-12-6-10-3-4-11(12)5-10/h3-4,9-13H,5-8H2,1-2H3. The molecule has 1 fully saturated rings. The first kappa shape index (κ1) is 9.26. The molecule has 1 saturated carbocycles. The molecule has 1 nitrogen and oxygen atoms in total. The molecule has 1 heteroatoms. The third kappa shape index (κ3) is 2.14. The maximum Gasteiger partial charge on any atom is -0.00146 e. The third-order valence-electron chi connectivity index (χ3n) is 3.38. The largest absolute Gasteiger partial charge is 0.316 e. The van der Waals surface area contributed by atoms with Gasteiger partial charge >= 0.3 is 0 Å². The molecule has 13 heavy (non-hydrogen) atoms. The van der Waals surface area contributed by atoms with Gasteiger partial charge in [-0.3, -0.25) is 0 Å². The van der Waals surface area contributed by atoms with Crippen LogP contribution >= 0.6 is 0 Å². The number of hydrogen-bond acceptors (Lipinski definition) is 1. The summed E-state index contributed by atoms with van der Waals surface area (Å²) < 4.78 is 0. The molecule has 2 aliphatic rings. The SMILES string of the molecule is CC(C)CNCC1CC2C=CC1C2. The van der Waals surface area contributed by atoms with Crippen LogP contribution in [0.5, 0.6) is 0 Å². The minimum absolute atomic E-state index is 0.786. The Kier molecular flexibility index (Phi) is 2.73. The van der Waals surface area contributed by atoms with Gasteiger partial charge in [-0.1, -0.05) is 26.0 Å². The number of hydrogen-bond donors (Lipinski definition) is 1. The number of fused-ring (bicyclic) bond motifs is 2. The Balaban J connectivity index is 1.69. The van der Waals surface area contributed by atoms with E-state index < -0.39 is 0 Å². The Morgan fingerprint density at radius 2 is 2.15 bits per heavy atom. The molecule has 2 bridgehead atoms. The van der Waals surface area contributed by atoms with Crippen LogP contribution in [0.4, 0.5) is 0 Å². The smallest absolute Gasteiger partial charge is 0.00146 e. The van der Waals surface area contributed by atoms with E-state index in [2.05, 4.69) is 31.3 Å². The van der Waals surface area contributed by atoms with Crippen LogP contribution in [0.15, 0.2) is 12.2 Å². The van der Waals surface area contributed by atoms with Crippen molar-refractivity contribution in [3.8, 4) is 0 Å². The molecule has 74 valence electrons. The fourth-order valence-corrected chi connectivity index (χ4v) is 2.69. The van der Waals surface area contributed by atoms with Crippen LogP contribution in [0, 0.1) is 23.7 Å². The van der Waals surface area contributed by atoms with Gasteiger partial charge in [-0.25, -0.2) is 0 Å². The summed E-state index contributed by atoms with van der Waals surface area (Å²) in [7, 11) is 0. The van der Waals surface area contributed by atoms with Crippen molar-refractivity contribution in [2.45, 2.75) is 26.7 Å². The molecular weight excluding hydrogens is 158 g/mol. The molecule has 2 rings (SSSR count). The minimum Gasteiger partial charge on any atom is -0.316 e. The van der Waals surface area contributed by atoms with E-state index in [9.17, 15) is 0 Å². The van der Waals surface area contributed by atoms with Crippen molar-refractivity contribution in [2.75, 3.05) is 13.1 Å². The van der Waals surface area contributed by atoms with Crippen LogP contribution in [0.3, 0.4) is 0 Å². The molecule has 0 aromatic rings. The van der Waals surface area contributed by atoms with Gasteiger partial charge in [0.2, 0.25) is 0 Å². The van der Waals surface area contributed by atoms with Crippen LogP contribution in [0.2, 0.25) is 0 Å². The second-order valence-corrected chi connectivity index (χ2v) is 5.09. The molecule has 0 aliphatic heterocycles. The summed E-state index contributed by atoms with van der Waals surface area (Å²) in [5.41, 5.74) is 0. The first-order valence-corrected chi connectivity index (χ1v) is 5.64. The molecule has 3 unspecified atom stereocenters. The molecule has 0 aromatic carbocycles. The quantitative estimate of drug-likeness (QED) is 0.654. The van der Waals surface area contributed by atoms with Crippen molar-refractivity contribution in [2.24, 2.45) is 23.7 Å². The van der Waals surface area contributed by atoms with Crippen molar-refractivity contribution in [1.29, 1.82) is 0 Å². The Morgan fingerprint density at radius 1 is 1.31 bits per heavy atom. The third-order valence-corrected chi connectivity index (χ3v) is 3.38. The molecule has 0 heterocycles. The normalized spacial score (nSPS) is 36.4. The molecule has 0 spiro atoms. The predicted octanol–water partition coefficient (Wildman–Crippen LogP) is 2.44. The zero-order valence-corrected chi connectivity index (χ0v) is 8.79. The molecule has 0 saturated heterocycles. The van der Waals surface area contributed by atoms with Gasteiger partial charge in [0.1, 0.15) is 0 Å². The lowest BCUT2D eigenvalue weighted by Gasteiger charge is -2.19. The highest BCUT2D eigenvalue weighted by molar-refractivity contribution is 5.10. The maximum absolute atomic E-state index is 3.58. The van der Waals surface area contributed by atoms with Crippen LogP contribution in [-0.2, 0) is 0 Å². The summed E-state index contributed by atoms with van der Waals surface area (Å²) in [6.45, 7) is 6.96. The van der Waals surface area contributed by atoms with Gasteiger partial charge in [-0.05, 0) is 49.6 Å². The van der Waals surface area contributed by atoms with Crippen molar-refractivity contribution >= 4 is 0 Å². The Bertz CT molecular complexity index is 195. The first-order valence-electron chi connectivity index (χ1n) is 5.64. The van der Waals surface area contributed by atoms with E-state index in [1.165, 1.54) is 25.9 Å². The fraction of sp³-hybridized carbons (Fsp3) is 0.833. The van der Waals surface area contributed by atoms with Crippen molar-refractivity contribution in [1.82, 2.24) is 5.32 Å². The van der Waals surface area contributed by atoms with Gasteiger partial charge in [-0.15, -0.1) is 0 Å². The Labute approximate surface area is 81.6 Å². The van der Waals surface area contributed by atoms with Crippen molar-refractivity contribution in [3.63, 3.8) is 0 Å². The lowest BCUT2D eigenvalue weighted by Crippen LogP contribution is -2.28. The topological polar surface area (TPSA) is 12.0 Å². The maximum atomic E-state index is 3.58. The van der Waals surface area contributed by atoms with Gasteiger partial charge < -0.3 is 5.32 Å². The zero-order chi connectivity index (χ0) is 9.26. The average molecular weight is 179 g/mol. The second-order valence-electron chi connectivity index (χ2n) is 5.09. The molecular formula is C12H21N. The van der Waals surface area contributed by atoms with E-state index in [0.29, 0.717) is 0 Å². The van der Waals surface area contributed by atoms with Crippen LogP contribution < -0.4 is 5.32 Å². The zero-order valence-electron chi connectivity index (χ0n) is 8.79. The average Bonchev–Trinajstić information content (AvgIpc) is 2.64. The summed E-state index contributed by atoms with van der Waals surface area (Å²) >= 11 is 0. The monoisotopic (exact) mass is 179 g/mol. The molecule has 0 aromatic heterocycles. The lowest BCUT2D eigenvalue weighted by atomic mass is 9.93.